The Morgan fingerprint density at radius 3 is 2.56 bits per heavy atom. The Bertz CT molecular complexity index is 1310. The van der Waals surface area contributed by atoms with Crippen molar-refractivity contribution in [1.29, 1.82) is 5.26 Å². The highest BCUT2D eigenvalue weighted by Gasteiger charge is 2.35. The molecule has 0 aromatic heterocycles. The summed E-state index contributed by atoms with van der Waals surface area (Å²) in [5.74, 6) is 0.606. The number of aliphatic imine (C=N–C) groups is 1. The zero-order valence-corrected chi connectivity index (χ0v) is 21.1. The number of ether oxygens (including phenoxy) is 1. The molecule has 34 heavy (non-hydrogen) atoms. The molecule has 1 amide bonds. The van der Waals surface area contributed by atoms with E-state index in [2.05, 4.69) is 22.0 Å². The number of halogens is 1. The predicted molar refractivity (Wildman–Crippen MR) is 141 cm³/mol. The second-order valence-corrected chi connectivity index (χ2v) is 9.72. The molecule has 0 atom stereocenters. The van der Waals surface area contributed by atoms with Gasteiger partial charge in [-0.3, -0.25) is 9.69 Å². The lowest BCUT2D eigenvalue weighted by molar-refractivity contribution is -0.123. The average Bonchev–Trinajstić information content (AvgIpc) is 3.13. The molecule has 0 aliphatic carbocycles. The number of carbonyl (C=O) groups excluding carboxylic acids is 1. The molecule has 0 N–H and O–H groups in total. The summed E-state index contributed by atoms with van der Waals surface area (Å²) in [7, 11) is 0. The van der Waals surface area contributed by atoms with E-state index in [0.29, 0.717) is 28.0 Å². The Kier molecular flexibility index (Phi) is 7.51. The summed E-state index contributed by atoms with van der Waals surface area (Å²) in [6.45, 7) is 4.25. The molecule has 170 valence electrons. The minimum absolute atomic E-state index is 0.00726. The molecule has 3 aromatic carbocycles. The number of para-hydroxylation sites is 1. The van der Waals surface area contributed by atoms with Crippen molar-refractivity contribution in [3.05, 3.63) is 98.9 Å². The maximum atomic E-state index is 13.1. The summed E-state index contributed by atoms with van der Waals surface area (Å²) >= 11 is 4.94. The van der Waals surface area contributed by atoms with Crippen molar-refractivity contribution in [2.75, 3.05) is 0 Å². The molecule has 0 radical (unpaired) electrons. The number of thioether (sulfide) groups is 1. The van der Waals surface area contributed by atoms with Crippen LogP contribution in [-0.2, 0) is 11.4 Å². The average molecular weight is 532 g/mol. The first-order chi connectivity index (χ1) is 16.5. The van der Waals surface area contributed by atoms with Crippen LogP contribution in [0, 0.1) is 11.3 Å². The van der Waals surface area contributed by atoms with Crippen LogP contribution >= 0.6 is 27.7 Å². The Labute approximate surface area is 211 Å². The summed E-state index contributed by atoms with van der Waals surface area (Å²) < 4.78 is 6.69. The Hall–Kier alpha value is -3.34. The number of carbonyl (C=O) groups is 1. The monoisotopic (exact) mass is 531 g/mol. The zero-order valence-electron chi connectivity index (χ0n) is 18.7. The molecule has 7 heteroatoms. The van der Waals surface area contributed by atoms with E-state index in [9.17, 15) is 10.1 Å². The lowest BCUT2D eigenvalue weighted by Gasteiger charge is -2.19. The molecule has 0 bridgehead atoms. The van der Waals surface area contributed by atoms with Crippen molar-refractivity contribution in [3.8, 4) is 11.8 Å². The lowest BCUT2D eigenvalue weighted by atomic mass is 10.1. The van der Waals surface area contributed by atoms with E-state index in [1.54, 1.807) is 11.0 Å². The van der Waals surface area contributed by atoms with Crippen LogP contribution in [0.1, 0.15) is 30.5 Å². The number of rotatable bonds is 6. The van der Waals surface area contributed by atoms with Crippen molar-refractivity contribution in [1.82, 2.24) is 4.90 Å². The number of benzene rings is 3. The Morgan fingerprint density at radius 2 is 1.85 bits per heavy atom. The van der Waals surface area contributed by atoms with Crippen molar-refractivity contribution in [2.45, 2.75) is 26.5 Å². The Balaban J connectivity index is 1.54. The maximum absolute atomic E-state index is 13.1. The van der Waals surface area contributed by atoms with Crippen molar-refractivity contribution in [2.24, 2.45) is 4.99 Å². The summed E-state index contributed by atoms with van der Waals surface area (Å²) in [5.41, 5.74) is 3.11. The minimum Gasteiger partial charge on any atom is -0.488 e. The van der Waals surface area contributed by atoms with E-state index >= 15 is 0 Å². The fraction of sp³-hybridized carbons (Fsp3) is 0.148. The van der Waals surface area contributed by atoms with Gasteiger partial charge in [-0.05, 0) is 83.5 Å². The second-order valence-electron chi connectivity index (χ2n) is 7.86. The topological polar surface area (TPSA) is 65.7 Å². The second kappa shape index (κ2) is 10.7. The van der Waals surface area contributed by atoms with E-state index < -0.39 is 0 Å². The van der Waals surface area contributed by atoms with Crippen LogP contribution in [-0.4, -0.2) is 22.0 Å². The van der Waals surface area contributed by atoms with E-state index in [1.807, 2.05) is 86.7 Å². The van der Waals surface area contributed by atoms with Gasteiger partial charge in [0.1, 0.15) is 12.4 Å². The van der Waals surface area contributed by atoms with Gasteiger partial charge in [-0.15, -0.1) is 0 Å². The number of amidine groups is 1. The van der Waals surface area contributed by atoms with Crippen molar-refractivity contribution >= 4 is 50.5 Å². The molecule has 1 aliphatic heterocycles. The molecule has 0 spiro atoms. The molecule has 5 nitrogen and oxygen atoms in total. The SMILES string of the molecule is CC(C)N1C(=O)/C(=C\c2ccc(OCc3ccccc3C#N)c(Br)c2)SC1=Nc1ccccc1. The van der Waals surface area contributed by atoms with Gasteiger partial charge in [-0.2, -0.15) is 5.26 Å². The van der Waals surface area contributed by atoms with Gasteiger partial charge in [0, 0.05) is 11.6 Å². The van der Waals surface area contributed by atoms with Crippen LogP contribution in [0.2, 0.25) is 0 Å². The zero-order chi connectivity index (χ0) is 24.1. The fourth-order valence-corrected chi connectivity index (χ4v) is 5.05. The number of nitriles is 1. The van der Waals surface area contributed by atoms with E-state index in [1.165, 1.54) is 11.8 Å². The maximum Gasteiger partial charge on any atom is 0.266 e. The third-order valence-corrected chi connectivity index (χ3v) is 6.71. The molecule has 3 aromatic rings. The molecular formula is C27H22BrN3O2S. The van der Waals surface area contributed by atoms with Crippen LogP contribution < -0.4 is 4.74 Å². The molecule has 1 saturated heterocycles. The first kappa shape index (κ1) is 23.8. The van der Waals surface area contributed by atoms with Gasteiger partial charge in [-0.1, -0.05) is 42.5 Å². The third kappa shape index (κ3) is 5.41. The summed E-state index contributed by atoms with van der Waals surface area (Å²) in [6.07, 6.45) is 1.87. The molecule has 0 saturated carbocycles. The molecule has 1 heterocycles. The highest BCUT2D eigenvalue weighted by molar-refractivity contribution is 9.10. The number of nitrogens with zero attached hydrogens (tertiary/aromatic N) is 3. The van der Waals surface area contributed by atoms with E-state index in [-0.39, 0.29) is 11.9 Å². The van der Waals surface area contributed by atoms with Crippen LogP contribution in [0.25, 0.3) is 6.08 Å². The lowest BCUT2D eigenvalue weighted by Crippen LogP contribution is -2.35. The molecule has 4 rings (SSSR count). The highest BCUT2D eigenvalue weighted by Crippen LogP contribution is 2.36. The molecule has 1 aliphatic rings. The van der Waals surface area contributed by atoms with Crippen molar-refractivity contribution in [3.63, 3.8) is 0 Å². The minimum atomic E-state index is -0.0563. The first-order valence-electron chi connectivity index (χ1n) is 10.7. The van der Waals surface area contributed by atoms with E-state index in [4.69, 9.17) is 9.73 Å². The third-order valence-electron chi connectivity index (χ3n) is 5.11. The van der Waals surface area contributed by atoms with Crippen LogP contribution in [0.3, 0.4) is 0 Å². The van der Waals surface area contributed by atoms with E-state index in [0.717, 1.165) is 21.3 Å². The van der Waals surface area contributed by atoms with Crippen molar-refractivity contribution < 1.29 is 9.53 Å². The molecule has 0 unspecified atom stereocenters. The van der Waals surface area contributed by atoms with Crippen LogP contribution in [0.15, 0.2) is 87.2 Å². The smallest absolute Gasteiger partial charge is 0.266 e. The summed E-state index contributed by atoms with van der Waals surface area (Å²) in [6, 6.07) is 24.9. The van der Waals surface area contributed by atoms with Gasteiger partial charge in [0.15, 0.2) is 5.17 Å². The van der Waals surface area contributed by atoms with Crippen LogP contribution in [0.5, 0.6) is 5.75 Å². The quantitative estimate of drug-likeness (QED) is 0.324. The predicted octanol–water partition coefficient (Wildman–Crippen LogP) is 6.91. The Morgan fingerprint density at radius 1 is 1.12 bits per heavy atom. The fourth-order valence-electron chi connectivity index (χ4n) is 3.42. The number of hydrogen-bond donors (Lipinski definition) is 0. The first-order valence-corrected chi connectivity index (χ1v) is 12.3. The number of hydrogen-bond acceptors (Lipinski definition) is 5. The van der Waals surface area contributed by atoms with Gasteiger partial charge < -0.3 is 4.74 Å². The van der Waals surface area contributed by atoms with Gasteiger partial charge in [0.05, 0.1) is 26.7 Å². The van der Waals surface area contributed by atoms with Gasteiger partial charge in [0.25, 0.3) is 5.91 Å². The summed E-state index contributed by atoms with van der Waals surface area (Å²) in [5, 5.41) is 9.93. The largest absolute Gasteiger partial charge is 0.488 e. The number of amides is 1. The van der Waals surface area contributed by atoms with Gasteiger partial charge in [0.2, 0.25) is 0 Å². The molecular weight excluding hydrogens is 510 g/mol. The standard InChI is InChI=1S/C27H22BrN3O2S/c1-18(2)31-26(32)25(34-27(31)30-22-10-4-3-5-11-22)15-19-12-13-24(23(28)14-19)33-17-21-9-7-6-8-20(21)16-29/h3-15,18H,17H2,1-2H3/b25-15+,30-27?. The molecule has 1 fully saturated rings. The van der Waals surface area contributed by atoms with Crippen LogP contribution in [0.4, 0.5) is 5.69 Å². The normalized spacial score (nSPS) is 15.9. The summed E-state index contributed by atoms with van der Waals surface area (Å²) in [4.78, 5) is 20.2. The highest BCUT2D eigenvalue weighted by atomic mass is 79.9. The van der Waals surface area contributed by atoms with Gasteiger partial charge >= 0.3 is 0 Å². The van der Waals surface area contributed by atoms with Gasteiger partial charge in [-0.25, -0.2) is 4.99 Å².